The SMILES string of the molecule is COc1ccc(-c2cccc(C(=O)N3C[C@H]4CN5C(=O)[C@H](NC(=O)OC(C)(C)C)CCCCC/C=C\[C@@H]6C[C@@]6(C(=O)O)NC(=O)[C@@H]5[C@H]4C3)n2)cc1. The van der Waals surface area contributed by atoms with E-state index in [4.69, 9.17) is 9.47 Å². The lowest BCUT2D eigenvalue weighted by Crippen LogP contribution is -2.58. The second-order valence-electron chi connectivity index (χ2n) is 15.0. The van der Waals surface area contributed by atoms with Crippen LogP contribution in [0, 0.1) is 17.8 Å². The smallest absolute Gasteiger partial charge is 0.408 e. The van der Waals surface area contributed by atoms with Crippen LogP contribution in [0.5, 0.6) is 5.75 Å². The van der Waals surface area contributed by atoms with Crippen molar-refractivity contribution in [2.45, 2.75) is 82.5 Å². The average Bonchev–Trinajstić information content (AvgIpc) is 3.44. The number of nitrogens with zero attached hydrogens (tertiary/aromatic N) is 3. The minimum Gasteiger partial charge on any atom is -0.497 e. The molecule has 3 N–H and O–H groups in total. The molecule has 0 radical (unpaired) electrons. The molecule has 4 amide bonds. The van der Waals surface area contributed by atoms with E-state index in [2.05, 4.69) is 15.6 Å². The molecule has 1 saturated carbocycles. The summed E-state index contributed by atoms with van der Waals surface area (Å²) in [7, 11) is 1.59. The van der Waals surface area contributed by atoms with Gasteiger partial charge < -0.3 is 35.0 Å². The Balaban J connectivity index is 1.26. The van der Waals surface area contributed by atoms with Crippen LogP contribution in [0.15, 0.2) is 54.6 Å². The first-order valence-corrected chi connectivity index (χ1v) is 17.7. The highest BCUT2D eigenvalue weighted by molar-refractivity contribution is 5.97. The number of carboxylic acid groups (broad SMARTS) is 1. The van der Waals surface area contributed by atoms with Crippen molar-refractivity contribution in [3.05, 3.63) is 60.3 Å². The van der Waals surface area contributed by atoms with Gasteiger partial charge in [-0.2, -0.15) is 0 Å². The zero-order valence-electron chi connectivity index (χ0n) is 29.6. The second-order valence-corrected chi connectivity index (χ2v) is 15.0. The van der Waals surface area contributed by atoms with E-state index in [1.165, 1.54) is 4.90 Å². The molecule has 3 fully saturated rings. The van der Waals surface area contributed by atoms with E-state index >= 15 is 0 Å². The Bertz CT molecular complexity index is 1700. The Morgan fingerprint density at radius 3 is 2.49 bits per heavy atom. The van der Waals surface area contributed by atoms with Gasteiger partial charge in [-0.05, 0) is 82.9 Å². The van der Waals surface area contributed by atoms with Crippen LogP contribution in [-0.4, -0.2) is 99.6 Å². The molecule has 2 saturated heterocycles. The van der Waals surface area contributed by atoms with Crippen LogP contribution in [-0.2, 0) is 19.1 Å². The Morgan fingerprint density at radius 1 is 1.02 bits per heavy atom. The van der Waals surface area contributed by atoms with Crippen LogP contribution in [0.2, 0.25) is 0 Å². The topological polar surface area (TPSA) is 167 Å². The van der Waals surface area contributed by atoms with E-state index in [0.717, 1.165) is 24.8 Å². The predicted octanol–water partition coefficient (Wildman–Crippen LogP) is 4.03. The van der Waals surface area contributed by atoms with Crippen LogP contribution in [0.4, 0.5) is 4.79 Å². The number of likely N-dealkylation sites (tertiary alicyclic amines) is 1. The van der Waals surface area contributed by atoms with Gasteiger partial charge in [0.1, 0.15) is 34.7 Å². The molecule has 1 aliphatic carbocycles. The third kappa shape index (κ3) is 7.72. The van der Waals surface area contributed by atoms with E-state index < -0.39 is 53.0 Å². The number of aliphatic carboxylic acids is 1. The summed E-state index contributed by atoms with van der Waals surface area (Å²) in [5, 5.41) is 15.8. The quantitative estimate of drug-likeness (QED) is 0.390. The summed E-state index contributed by atoms with van der Waals surface area (Å²) in [5.41, 5.74) is -0.551. The highest BCUT2D eigenvalue weighted by Gasteiger charge is 2.62. The molecule has 3 aliphatic heterocycles. The van der Waals surface area contributed by atoms with Crippen molar-refractivity contribution in [2.24, 2.45) is 17.8 Å². The number of fused-ring (bicyclic) bond motifs is 4. The fourth-order valence-electron chi connectivity index (χ4n) is 7.62. The highest BCUT2D eigenvalue weighted by Crippen LogP contribution is 2.46. The van der Waals surface area contributed by atoms with E-state index in [9.17, 15) is 29.1 Å². The van der Waals surface area contributed by atoms with Gasteiger partial charge in [0.25, 0.3) is 5.91 Å². The van der Waals surface area contributed by atoms with Crippen molar-refractivity contribution >= 4 is 29.8 Å². The lowest BCUT2D eigenvalue weighted by atomic mass is 9.93. The van der Waals surface area contributed by atoms with E-state index in [1.807, 2.05) is 42.5 Å². The van der Waals surface area contributed by atoms with Crippen LogP contribution >= 0.6 is 0 Å². The monoisotopic (exact) mass is 701 g/mol. The van der Waals surface area contributed by atoms with Gasteiger partial charge in [0.05, 0.1) is 12.8 Å². The normalized spacial score (nSPS) is 28.6. The van der Waals surface area contributed by atoms with E-state index in [0.29, 0.717) is 24.3 Å². The molecular formula is C38H47N5O8. The Morgan fingerprint density at radius 2 is 1.78 bits per heavy atom. The number of nitrogens with one attached hydrogen (secondary N) is 2. The lowest BCUT2D eigenvalue weighted by Gasteiger charge is -2.33. The Kier molecular flexibility index (Phi) is 10.1. The number of carbonyl (C=O) groups is 5. The molecule has 1 aromatic carbocycles. The number of hydrogen-bond donors (Lipinski definition) is 3. The average molecular weight is 702 g/mol. The van der Waals surface area contributed by atoms with E-state index in [1.54, 1.807) is 44.9 Å². The number of benzene rings is 1. The van der Waals surface area contributed by atoms with Crippen molar-refractivity contribution in [3.63, 3.8) is 0 Å². The van der Waals surface area contributed by atoms with Crippen molar-refractivity contribution in [2.75, 3.05) is 26.7 Å². The van der Waals surface area contributed by atoms with Gasteiger partial charge in [-0.1, -0.05) is 31.1 Å². The van der Waals surface area contributed by atoms with Crippen molar-refractivity contribution in [3.8, 4) is 17.0 Å². The first-order valence-electron chi connectivity index (χ1n) is 17.7. The molecule has 272 valence electrons. The lowest BCUT2D eigenvalue weighted by molar-refractivity contribution is -0.146. The zero-order valence-corrected chi connectivity index (χ0v) is 29.6. The molecule has 0 bridgehead atoms. The summed E-state index contributed by atoms with van der Waals surface area (Å²) in [6.45, 7) is 5.84. The first-order chi connectivity index (χ1) is 24.3. The Hall–Kier alpha value is -4.94. The van der Waals surface area contributed by atoms with Crippen molar-refractivity contribution in [1.29, 1.82) is 0 Å². The standard InChI is InChI=1S/C38H47N5O8/c1-37(2,3)51-36(49)40-30-12-9-7-5-6-8-11-25-19-38(25,35(47)48)41-32(44)31-27-22-42(20-24(27)21-43(31)34(30)46)33(45)29-14-10-13-28(39-29)23-15-17-26(50-4)18-16-23/h8,10-11,13-18,24-25,27,30-31H,5-7,9,12,19-22H2,1-4H3,(H,40,49)(H,41,44)(H,47,48)/b11-8-/t24-,25+,27-,30+,31-,38+/m0/s1. The number of hydrogen-bond acceptors (Lipinski definition) is 8. The van der Waals surface area contributed by atoms with Gasteiger partial charge in [-0.3, -0.25) is 14.4 Å². The molecule has 13 nitrogen and oxygen atoms in total. The molecular weight excluding hydrogens is 654 g/mol. The van der Waals surface area contributed by atoms with Gasteiger partial charge >= 0.3 is 12.1 Å². The third-order valence-corrected chi connectivity index (χ3v) is 10.3. The molecule has 51 heavy (non-hydrogen) atoms. The minimum atomic E-state index is -1.46. The summed E-state index contributed by atoms with van der Waals surface area (Å²) in [6, 6.07) is 10.6. The van der Waals surface area contributed by atoms with E-state index in [-0.39, 0.29) is 49.5 Å². The van der Waals surface area contributed by atoms with Crippen molar-refractivity contribution in [1.82, 2.24) is 25.4 Å². The van der Waals surface area contributed by atoms with Gasteiger partial charge in [-0.25, -0.2) is 14.6 Å². The number of amides is 4. The molecule has 0 spiro atoms. The number of carbonyl (C=O) groups excluding carboxylic acids is 4. The van der Waals surface area contributed by atoms with Gasteiger partial charge in [0, 0.05) is 43.0 Å². The fourth-order valence-corrected chi connectivity index (χ4v) is 7.62. The molecule has 13 heteroatoms. The number of ether oxygens (including phenoxy) is 2. The van der Waals surface area contributed by atoms with Gasteiger partial charge in [0.15, 0.2) is 0 Å². The molecule has 4 heterocycles. The van der Waals surface area contributed by atoms with Crippen LogP contribution in [0.3, 0.4) is 0 Å². The number of alkyl carbamates (subject to hydrolysis) is 1. The largest absolute Gasteiger partial charge is 0.497 e. The number of allylic oxidation sites excluding steroid dienone is 1. The third-order valence-electron chi connectivity index (χ3n) is 10.3. The van der Waals surface area contributed by atoms with Crippen LogP contribution < -0.4 is 15.4 Å². The number of methoxy groups -OCH3 is 1. The molecule has 0 unspecified atom stereocenters. The fraction of sp³-hybridized carbons (Fsp3) is 0.526. The van der Waals surface area contributed by atoms with Gasteiger partial charge in [-0.15, -0.1) is 0 Å². The highest BCUT2D eigenvalue weighted by atomic mass is 16.6. The molecule has 6 atom stereocenters. The molecule has 4 aliphatic rings. The summed E-state index contributed by atoms with van der Waals surface area (Å²) in [6.07, 6.45) is 6.73. The van der Waals surface area contributed by atoms with Gasteiger partial charge in [0.2, 0.25) is 11.8 Å². The number of carboxylic acids is 1. The number of pyridine rings is 1. The molecule has 6 rings (SSSR count). The first kappa shape index (κ1) is 35.9. The summed E-state index contributed by atoms with van der Waals surface area (Å²) in [5.74, 6) is -2.80. The minimum absolute atomic E-state index is 0.167. The molecule has 2 aromatic rings. The van der Waals surface area contributed by atoms with Crippen molar-refractivity contribution < 1.29 is 38.6 Å². The summed E-state index contributed by atoms with van der Waals surface area (Å²) < 4.78 is 10.7. The maximum absolute atomic E-state index is 14.3. The number of rotatable bonds is 5. The Labute approximate surface area is 297 Å². The predicted molar refractivity (Wildman–Crippen MR) is 187 cm³/mol. The van der Waals surface area contributed by atoms with Crippen LogP contribution in [0.25, 0.3) is 11.3 Å². The number of aromatic nitrogens is 1. The molecule has 1 aromatic heterocycles. The summed E-state index contributed by atoms with van der Waals surface area (Å²) in [4.78, 5) is 75.7. The zero-order chi connectivity index (χ0) is 36.5. The maximum Gasteiger partial charge on any atom is 0.408 e. The maximum atomic E-state index is 14.3. The van der Waals surface area contributed by atoms with Crippen LogP contribution in [0.1, 0.15) is 69.8 Å². The second kappa shape index (κ2) is 14.4. The summed E-state index contributed by atoms with van der Waals surface area (Å²) >= 11 is 0.